The topological polar surface area (TPSA) is 74.1 Å². The molecule has 0 N–H and O–H groups in total. The Balaban J connectivity index is 2.18. The van der Waals surface area contributed by atoms with Crippen molar-refractivity contribution in [2.24, 2.45) is 0 Å². The van der Waals surface area contributed by atoms with Crippen LogP contribution in [-0.4, -0.2) is 18.9 Å². The fraction of sp³-hybridized carbons (Fsp3) is 0.250. The van der Waals surface area contributed by atoms with Crippen molar-refractivity contribution in [3.05, 3.63) is 53.9 Å². The van der Waals surface area contributed by atoms with Crippen LogP contribution in [0.2, 0.25) is 0 Å². The number of fused-ring (bicyclic) bond motifs is 1. The number of hydrogen-bond acceptors (Lipinski definition) is 4. The molecule has 0 radical (unpaired) electrons. The first-order valence-electron chi connectivity index (χ1n) is 6.85. The van der Waals surface area contributed by atoms with E-state index in [1.807, 2.05) is 44.2 Å². The van der Waals surface area contributed by atoms with Crippen LogP contribution < -0.4 is 4.31 Å². The molecule has 0 saturated carbocycles. The third-order valence-electron chi connectivity index (χ3n) is 3.76. The minimum Gasteiger partial charge on any atom is -0.262 e. The van der Waals surface area contributed by atoms with Gasteiger partial charge in [0.2, 0.25) is 0 Å². The largest absolute Gasteiger partial charge is 0.266 e. The minimum absolute atomic E-state index is 0.0383. The molecule has 0 atom stereocenters. The zero-order chi connectivity index (χ0) is 16.0. The van der Waals surface area contributed by atoms with Gasteiger partial charge in [0.15, 0.2) is 0 Å². The molecule has 0 saturated heterocycles. The van der Waals surface area contributed by atoms with E-state index in [2.05, 4.69) is 4.98 Å². The maximum absolute atomic E-state index is 13.1. The van der Waals surface area contributed by atoms with Crippen LogP contribution in [0, 0.1) is 11.3 Å². The summed E-state index contributed by atoms with van der Waals surface area (Å²) in [6.07, 6.45) is 3.28. The summed E-state index contributed by atoms with van der Waals surface area (Å²) in [5.41, 5.74) is 1.35. The molecule has 112 valence electrons. The van der Waals surface area contributed by atoms with E-state index < -0.39 is 15.6 Å². The number of sulfonamides is 1. The fourth-order valence-electron chi connectivity index (χ4n) is 2.90. The average Bonchev–Trinajstić information content (AvgIpc) is 2.77. The number of aromatic nitrogens is 1. The lowest BCUT2D eigenvalue weighted by atomic mass is 10.0. The first kappa shape index (κ1) is 14.5. The lowest BCUT2D eigenvalue weighted by molar-refractivity contribution is 0.521. The summed E-state index contributed by atoms with van der Waals surface area (Å²) in [6, 6.07) is 10.8. The number of rotatable bonds is 2. The standard InChI is InChI=1S/C16H15N3O2S/c1-16(2)8-13-5-3-4-6-15(13)19(16)22(20,21)14-7-12(9-17)10-18-11-14/h3-7,10-11H,8H2,1-2H3. The normalized spacial score (nSPS) is 16.1. The van der Waals surface area contributed by atoms with Gasteiger partial charge in [-0.3, -0.25) is 9.29 Å². The highest BCUT2D eigenvalue weighted by Crippen LogP contribution is 2.42. The number of nitriles is 1. The predicted octanol–water partition coefficient (Wildman–Crippen LogP) is 2.48. The number of anilines is 1. The number of nitrogens with zero attached hydrogens (tertiary/aromatic N) is 3. The molecule has 1 aromatic carbocycles. The van der Waals surface area contributed by atoms with E-state index in [4.69, 9.17) is 5.26 Å². The Morgan fingerprint density at radius 1 is 1.27 bits per heavy atom. The third kappa shape index (κ3) is 2.14. The van der Waals surface area contributed by atoms with Gasteiger partial charge in [-0.15, -0.1) is 0 Å². The Kier molecular flexibility index (Phi) is 3.18. The third-order valence-corrected chi connectivity index (χ3v) is 5.75. The van der Waals surface area contributed by atoms with Crippen LogP contribution in [0.15, 0.2) is 47.6 Å². The number of benzene rings is 1. The van der Waals surface area contributed by atoms with Crippen LogP contribution in [0.25, 0.3) is 0 Å². The van der Waals surface area contributed by atoms with Crippen molar-refractivity contribution in [1.29, 1.82) is 5.26 Å². The van der Waals surface area contributed by atoms with E-state index in [9.17, 15) is 8.42 Å². The summed E-state index contributed by atoms with van der Waals surface area (Å²) in [4.78, 5) is 3.91. The first-order valence-corrected chi connectivity index (χ1v) is 8.29. The van der Waals surface area contributed by atoms with E-state index in [1.54, 1.807) is 0 Å². The number of hydrogen-bond donors (Lipinski definition) is 0. The van der Waals surface area contributed by atoms with Gasteiger partial charge >= 0.3 is 0 Å². The molecule has 0 unspecified atom stereocenters. The van der Waals surface area contributed by atoms with Crippen LogP contribution in [0.4, 0.5) is 5.69 Å². The molecule has 0 aliphatic carbocycles. The fourth-order valence-corrected chi connectivity index (χ4v) is 4.74. The van der Waals surface area contributed by atoms with E-state index in [0.717, 1.165) is 5.56 Å². The molecule has 2 heterocycles. The quantitative estimate of drug-likeness (QED) is 0.853. The smallest absolute Gasteiger partial charge is 0.262 e. The van der Waals surface area contributed by atoms with E-state index >= 15 is 0 Å². The summed E-state index contributed by atoms with van der Waals surface area (Å²) in [7, 11) is -3.77. The molecule has 1 aliphatic heterocycles. The van der Waals surface area contributed by atoms with Crippen LogP contribution in [-0.2, 0) is 16.4 Å². The maximum atomic E-state index is 13.1. The van der Waals surface area contributed by atoms with Crippen molar-refractivity contribution >= 4 is 15.7 Å². The Hall–Kier alpha value is -2.39. The molecule has 0 amide bonds. The van der Waals surface area contributed by atoms with Gasteiger partial charge in [-0.2, -0.15) is 5.26 Å². The van der Waals surface area contributed by atoms with E-state index in [0.29, 0.717) is 12.1 Å². The molecule has 22 heavy (non-hydrogen) atoms. The van der Waals surface area contributed by atoms with Crippen LogP contribution in [0.3, 0.4) is 0 Å². The molecule has 6 heteroatoms. The van der Waals surface area contributed by atoms with Gasteiger partial charge in [-0.05, 0) is 38.0 Å². The van der Waals surface area contributed by atoms with Crippen LogP contribution in [0.1, 0.15) is 25.0 Å². The summed E-state index contributed by atoms with van der Waals surface area (Å²) < 4.78 is 27.6. The number of pyridine rings is 1. The van der Waals surface area contributed by atoms with E-state index in [1.165, 1.54) is 22.8 Å². The van der Waals surface area contributed by atoms with Crippen molar-refractivity contribution in [2.75, 3.05) is 4.31 Å². The molecule has 1 aliphatic rings. The highest BCUT2D eigenvalue weighted by atomic mass is 32.2. The minimum atomic E-state index is -3.77. The second-order valence-corrected chi connectivity index (χ2v) is 7.70. The number of para-hydroxylation sites is 1. The van der Waals surface area contributed by atoms with Crippen LogP contribution >= 0.6 is 0 Å². The second kappa shape index (κ2) is 4.82. The van der Waals surface area contributed by atoms with Gasteiger partial charge in [0.25, 0.3) is 10.0 Å². The molecule has 0 spiro atoms. The van der Waals surface area contributed by atoms with Crippen LogP contribution in [0.5, 0.6) is 0 Å². The molecule has 1 aromatic heterocycles. The predicted molar refractivity (Wildman–Crippen MR) is 82.8 cm³/mol. The SMILES string of the molecule is CC1(C)Cc2ccccc2N1S(=O)(=O)c1cncc(C#N)c1. The average molecular weight is 313 g/mol. The highest BCUT2D eigenvalue weighted by Gasteiger charge is 2.43. The summed E-state index contributed by atoms with van der Waals surface area (Å²) in [5.74, 6) is 0. The molecule has 0 bridgehead atoms. The van der Waals surface area contributed by atoms with Gasteiger partial charge in [0, 0.05) is 12.4 Å². The zero-order valence-electron chi connectivity index (χ0n) is 12.3. The molecular weight excluding hydrogens is 298 g/mol. The van der Waals surface area contributed by atoms with Gasteiger partial charge in [-0.25, -0.2) is 8.42 Å². The molecule has 0 fully saturated rings. The summed E-state index contributed by atoms with van der Waals surface area (Å²) >= 11 is 0. The Morgan fingerprint density at radius 3 is 2.73 bits per heavy atom. The molecule has 5 nitrogen and oxygen atoms in total. The molecule has 2 aromatic rings. The van der Waals surface area contributed by atoms with Crippen molar-refractivity contribution in [1.82, 2.24) is 4.98 Å². The highest BCUT2D eigenvalue weighted by molar-refractivity contribution is 7.93. The van der Waals surface area contributed by atoms with Crippen molar-refractivity contribution < 1.29 is 8.42 Å². The molecular formula is C16H15N3O2S. The second-order valence-electron chi connectivity index (χ2n) is 5.91. The lowest BCUT2D eigenvalue weighted by Gasteiger charge is -2.33. The maximum Gasteiger partial charge on any atom is 0.266 e. The van der Waals surface area contributed by atoms with E-state index in [-0.39, 0.29) is 10.5 Å². The van der Waals surface area contributed by atoms with Crippen molar-refractivity contribution in [3.63, 3.8) is 0 Å². The lowest BCUT2D eigenvalue weighted by Crippen LogP contribution is -2.45. The van der Waals surface area contributed by atoms with Crippen molar-refractivity contribution in [2.45, 2.75) is 30.7 Å². The van der Waals surface area contributed by atoms with Gasteiger partial charge in [0.05, 0.1) is 16.8 Å². The Morgan fingerprint density at radius 2 is 2.00 bits per heavy atom. The van der Waals surface area contributed by atoms with Gasteiger partial charge in [-0.1, -0.05) is 18.2 Å². The zero-order valence-corrected chi connectivity index (χ0v) is 13.1. The Bertz CT molecular complexity index is 882. The summed E-state index contributed by atoms with van der Waals surface area (Å²) in [5, 5.41) is 8.96. The van der Waals surface area contributed by atoms with Gasteiger partial charge in [0.1, 0.15) is 11.0 Å². The monoisotopic (exact) mass is 313 g/mol. The Labute approximate surface area is 129 Å². The van der Waals surface area contributed by atoms with Gasteiger partial charge < -0.3 is 0 Å². The van der Waals surface area contributed by atoms with Crippen molar-refractivity contribution in [3.8, 4) is 6.07 Å². The first-order chi connectivity index (χ1) is 10.4. The molecule has 3 rings (SSSR count). The summed E-state index contributed by atoms with van der Waals surface area (Å²) in [6.45, 7) is 3.79.